The van der Waals surface area contributed by atoms with Crippen LogP contribution < -0.4 is 0 Å². The third kappa shape index (κ3) is 2.84. The van der Waals surface area contributed by atoms with Crippen molar-refractivity contribution in [1.82, 2.24) is 14.7 Å². The van der Waals surface area contributed by atoms with Gasteiger partial charge in [0.25, 0.3) is 5.91 Å². The first-order valence-electron chi connectivity index (χ1n) is 8.71. The maximum Gasteiger partial charge on any atom is 0.257 e. The summed E-state index contributed by atoms with van der Waals surface area (Å²) < 4.78 is 7.69. The molecule has 1 aromatic carbocycles. The van der Waals surface area contributed by atoms with Crippen LogP contribution in [0.2, 0.25) is 0 Å². The Labute approximate surface area is 142 Å². The average Bonchev–Trinajstić information content (AvgIpc) is 3.32. The lowest BCUT2D eigenvalue weighted by Gasteiger charge is -2.35. The summed E-state index contributed by atoms with van der Waals surface area (Å²) in [5.41, 5.74) is 2.84. The van der Waals surface area contributed by atoms with E-state index in [2.05, 4.69) is 5.10 Å². The van der Waals surface area contributed by atoms with E-state index in [0.29, 0.717) is 19.0 Å². The van der Waals surface area contributed by atoms with Gasteiger partial charge in [0.1, 0.15) is 0 Å². The Hall–Kier alpha value is -2.14. The van der Waals surface area contributed by atoms with E-state index in [0.717, 1.165) is 29.8 Å². The first kappa shape index (κ1) is 15.4. The van der Waals surface area contributed by atoms with Crippen LogP contribution in [0.3, 0.4) is 0 Å². The average molecular weight is 325 g/mol. The molecule has 0 radical (unpaired) electrons. The lowest BCUT2D eigenvalue weighted by molar-refractivity contribution is -0.0586. The molecule has 0 bridgehead atoms. The normalized spacial score (nSPS) is 24.2. The van der Waals surface area contributed by atoms with Crippen molar-refractivity contribution in [2.24, 2.45) is 0 Å². The smallest absolute Gasteiger partial charge is 0.257 e. The third-order valence-corrected chi connectivity index (χ3v) is 4.71. The Bertz CT molecular complexity index is 726. The summed E-state index contributed by atoms with van der Waals surface area (Å²) in [6.07, 6.45) is 4.16. The van der Waals surface area contributed by atoms with Crippen molar-refractivity contribution in [1.29, 1.82) is 0 Å². The Balaban J connectivity index is 1.68. The van der Waals surface area contributed by atoms with Gasteiger partial charge in [-0.25, -0.2) is 4.68 Å². The van der Waals surface area contributed by atoms with E-state index >= 15 is 0 Å². The predicted octanol–water partition coefficient (Wildman–Crippen LogP) is 3.00. The van der Waals surface area contributed by atoms with Gasteiger partial charge in [-0.1, -0.05) is 18.2 Å². The van der Waals surface area contributed by atoms with Gasteiger partial charge in [0.15, 0.2) is 0 Å². The zero-order valence-electron chi connectivity index (χ0n) is 14.2. The molecular formula is C19H23N3O2. The van der Waals surface area contributed by atoms with Crippen LogP contribution in [-0.4, -0.2) is 45.9 Å². The van der Waals surface area contributed by atoms with Gasteiger partial charge >= 0.3 is 0 Å². The zero-order chi connectivity index (χ0) is 16.7. The molecule has 126 valence electrons. The van der Waals surface area contributed by atoms with E-state index in [1.807, 2.05) is 53.8 Å². The molecule has 1 saturated heterocycles. The van der Waals surface area contributed by atoms with Crippen LogP contribution in [0.25, 0.3) is 5.69 Å². The standard InChI is InChI=1S/C19H23N3O2/c1-13-11-21(12-14(2)24-13)19(23)17-10-20-22(18(17)15-8-9-15)16-6-4-3-5-7-16/h3-7,10,13-15H,8-9,11-12H2,1-2H3/t13-,14-/m1/s1. The molecule has 0 N–H and O–H groups in total. The fraction of sp³-hybridized carbons (Fsp3) is 0.474. The first-order chi connectivity index (χ1) is 11.6. The van der Waals surface area contributed by atoms with Crippen molar-refractivity contribution < 1.29 is 9.53 Å². The molecule has 1 aliphatic heterocycles. The molecule has 2 atom stereocenters. The van der Waals surface area contributed by atoms with Gasteiger partial charge in [0.2, 0.25) is 0 Å². The van der Waals surface area contributed by atoms with Crippen molar-refractivity contribution in [2.45, 2.75) is 44.8 Å². The number of carbonyl (C=O) groups is 1. The number of hydrogen-bond acceptors (Lipinski definition) is 3. The molecule has 1 amide bonds. The molecule has 4 rings (SSSR count). The van der Waals surface area contributed by atoms with E-state index in [1.165, 1.54) is 0 Å². The van der Waals surface area contributed by atoms with Crippen molar-refractivity contribution in [3.63, 3.8) is 0 Å². The molecule has 5 heteroatoms. The van der Waals surface area contributed by atoms with Crippen LogP contribution in [0.15, 0.2) is 36.5 Å². The minimum absolute atomic E-state index is 0.0752. The molecule has 5 nitrogen and oxygen atoms in total. The minimum atomic E-state index is 0.0752. The van der Waals surface area contributed by atoms with Gasteiger partial charge in [-0.15, -0.1) is 0 Å². The maximum absolute atomic E-state index is 13.1. The molecule has 1 aromatic heterocycles. The highest BCUT2D eigenvalue weighted by Gasteiger charge is 2.35. The van der Waals surface area contributed by atoms with E-state index < -0.39 is 0 Å². The number of morpholine rings is 1. The lowest BCUT2D eigenvalue weighted by Crippen LogP contribution is -2.48. The summed E-state index contributed by atoms with van der Waals surface area (Å²) in [7, 11) is 0. The van der Waals surface area contributed by atoms with Gasteiger partial charge in [-0.05, 0) is 38.8 Å². The lowest BCUT2D eigenvalue weighted by atomic mass is 10.1. The number of ether oxygens (including phenoxy) is 1. The van der Waals surface area contributed by atoms with Gasteiger partial charge in [-0.3, -0.25) is 4.79 Å². The van der Waals surface area contributed by atoms with Crippen LogP contribution in [0, 0.1) is 0 Å². The zero-order valence-corrected chi connectivity index (χ0v) is 14.2. The Morgan fingerprint density at radius 1 is 1.12 bits per heavy atom. The number of benzene rings is 1. The van der Waals surface area contributed by atoms with E-state index in [1.54, 1.807) is 6.20 Å². The highest BCUT2D eigenvalue weighted by atomic mass is 16.5. The van der Waals surface area contributed by atoms with Crippen molar-refractivity contribution in [3.8, 4) is 5.69 Å². The van der Waals surface area contributed by atoms with E-state index in [-0.39, 0.29) is 18.1 Å². The SMILES string of the molecule is C[C@@H]1CN(C(=O)c2cnn(-c3ccccc3)c2C2CC2)C[C@@H](C)O1. The number of aromatic nitrogens is 2. The quantitative estimate of drug-likeness (QED) is 0.871. The van der Waals surface area contributed by atoms with Crippen molar-refractivity contribution in [2.75, 3.05) is 13.1 Å². The van der Waals surface area contributed by atoms with Crippen molar-refractivity contribution in [3.05, 3.63) is 47.8 Å². The summed E-state index contributed by atoms with van der Waals surface area (Å²) in [5.74, 6) is 0.531. The second kappa shape index (κ2) is 6.06. The molecule has 24 heavy (non-hydrogen) atoms. The molecule has 0 unspecified atom stereocenters. The topological polar surface area (TPSA) is 47.4 Å². The number of nitrogens with zero attached hydrogens (tertiary/aromatic N) is 3. The highest BCUT2D eigenvalue weighted by molar-refractivity contribution is 5.95. The van der Waals surface area contributed by atoms with Crippen LogP contribution in [0.1, 0.15) is 48.7 Å². The summed E-state index contributed by atoms with van der Waals surface area (Å²) in [5, 5.41) is 4.54. The second-order valence-corrected chi connectivity index (χ2v) is 6.93. The fourth-order valence-corrected chi connectivity index (χ4v) is 3.56. The first-order valence-corrected chi connectivity index (χ1v) is 8.71. The fourth-order valence-electron chi connectivity index (χ4n) is 3.56. The monoisotopic (exact) mass is 325 g/mol. The largest absolute Gasteiger partial charge is 0.372 e. The van der Waals surface area contributed by atoms with Gasteiger partial charge in [0, 0.05) is 19.0 Å². The van der Waals surface area contributed by atoms with E-state index in [9.17, 15) is 4.79 Å². The van der Waals surface area contributed by atoms with Crippen LogP contribution in [-0.2, 0) is 4.74 Å². The number of para-hydroxylation sites is 1. The Morgan fingerprint density at radius 3 is 2.42 bits per heavy atom. The van der Waals surface area contributed by atoms with Crippen LogP contribution in [0.5, 0.6) is 0 Å². The van der Waals surface area contributed by atoms with Gasteiger partial charge < -0.3 is 9.64 Å². The molecule has 2 aliphatic rings. The highest BCUT2D eigenvalue weighted by Crippen LogP contribution is 2.42. The molecule has 2 fully saturated rings. The van der Waals surface area contributed by atoms with Gasteiger partial charge in [0.05, 0.1) is 35.3 Å². The van der Waals surface area contributed by atoms with Gasteiger partial charge in [-0.2, -0.15) is 5.10 Å². The Morgan fingerprint density at radius 2 is 1.79 bits per heavy atom. The van der Waals surface area contributed by atoms with Crippen molar-refractivity contribution >= 4 is 5.91 Å². The molecule has 1 saturated carbocycles. The maximum atomic E-state index is 13.1. The number of rotatable bonds is 3. The number of hydrogen-bond donors (Lipinski definition) is 0. The van der Waals surface area contributed by atoms with Crippen LogP contribution >= 0.6 is 0 Å². The summed E-state index contributed by atoms with van der Waals surface area (Å²) in [4.78, 5) is 15.0. The summed E-state index contributed by atoms with van der Waals surface area (Å²) in [6, 6.07) is 10.1. The minimum Gasteiger partial charge on any atom is -0.372 e. The van der Waals surface area contributed by atoms with E-state index in [4.69, 9.17) is 4.74 Å². The molecule has 2 heterocycles. The second-order valence-electron chi connectivity index (χ2n) is 6.93. The Kier molecular flexibility index (Phi) is 3.88. The number of amides is 1. The molecular weight excluding hydrogens is 302 g/mol. The summed E-state index contributed by atoms with van der Waals surface area (Å²) in [6.45, 7) is 5.32. The molecule has 0 spiro atoms. The molecule has 1 aliphatic carbocycles. The van der Waals surface area contributed by atoms with Crippen LogP contribution in [0.4, 0.5) is 0 Å². The predicted molar refractivity (Wildman–Crippen MR) is 91.5 cm³/mol. The molecule has 2 aromatic rings. The number of carbonyl (C=O) groups excluding carboxylic acids is 1. The third-order valence-electron chi connectivity index (χ3n) is 4.71. The summed E-state index contributed by atoms with van der Waals surface area (Å²) >= 11 is 0.